The molecular formula is C18H27N3O3. The highest BCUT2D eigenvalue weighted by molar-refractivity contribution is 5.76. The van der Waals surface area contributed by atoms with E-state index in [1.807, 2.05) is 18.2 Å². The van der Waals surface area contributed by atoms with Crippen molar-refractivity contribution in [1.29, 1.82) is 0 Å². The fourth-order valence-electron chi connectivity index (χ4n) is 2.63. The van der Waals surface area contributed by atoms with Crippen LogP contribution in [0.25, 0.3) is 0 Å². The summed E-state index contributed by atoms with van der Waals surface area (Å²) in [6.07, 6.45) is 0. The van der Waals surface area contributed by atoms with Gasteiger partial charge < -0.3 is 19.9 Å². The van der Waals surface area contributed by atoms with Gasteiger partial charge in [-0.15, -0.1) is 0 Å². The van der Waals surface area contributed by atoms with Gasteiger partial charge in [0.1, 0.15) is 12.4 Å². The summed E-state index contributed by atoms with van der Waals surface area (Å²) in [5, 5.41) is 2.86. The number of nitrogens with zero attached hydrogens (tertiary/aromatic N) is 2. The molecule has 0 spiro atoms. The Morgan fingerprint density at radius 1 is 1.17 bits per heavy atom. The van der Waals surface area contributed by atoms with Crippen LogP contribution in [0.1, 0.15) is 32.3 Å². The van der Waals surface area contributed by atoms with E-state index in [1.54, 1.807) is 16.7 Å². The number of urea groups is 1. The Morgan fingerprint density at radius 2 is 1.83 bits per heavy atom. The molecule has 2 rings (SSSR count). The normalized spacial score (nSPS) is 14.7. The minimum absolute atomic E-state index is 0.0621. The maximum absolute atomic E-state index is 12.1. The molecule has 0 bridgehead atoms. The van der Waals surface area contributed by atoms with Gasteiger partial charge in [0.15, 0.2) is 0 Å². The number of carbonyl (C=O) groups excluding carboxylic acids is 2. The highest BCUT2D eigenvalue weighted by Crippen LogP contribution is 2.19. The summed E-state index contributed by atoms with van der Waals surface area (Å²) in [4.78, 5) is 26.9. The average molecular weight is 333 g/mol. The maximum atomic E-state index is 12.1. The monoisotopic (exact) mass is 333 g/mol. The molecule has 132 valence electrons. The summed E-state index contributed by atoms with van der Waals surface area (Å²) in [6.45, 7) is 9.07. The topological polar surface area (TPSA) is 61.9 Å². The summed E-state index contributed by atoms with van der Waals surface area (Å²) in [5.74, 6) is 1.35. The van der Waals surface area contributed by atoms with Crippen LogP contribution in [-0.2, 0) is 4.79 Å². The molecule has 24 heavy (non-hydrogen) atoms. The number of carbonyl (C=O) groups is 2. The second-order valence-corrected chi connectivity index (χ2v) is 6.30. The van der Waals surface area contributed by atoms with Crippen LogP contribution in [0.5, 0.6) is 5.75 Å². The van der Waals surface area contributed by atoms with Gasteiger partial charge in [-0.05, 0) is 23.6 Å². The fraction of sp³-hybridized carbons (Fsp3) is 0.556. The molecule has 1 aromatic rings. The Hall–Kier alpha value is -2.24. The third-order valence-corrected chi connectivity index (χ3v) is 4.18. The molecule has 0 aromatic heterocycles. The average Bonchev–Trinajstić information content (AvgIpc) is 2.59. The van der Waals surface area contributed by atoms with E-state index in [9.17, 15) is 9.59 Å². The van der Waals surface area contributed by atoms with Crippen LogP contribution in [0.4, 0.5) is 4.79 Å². The Morgan fingerprint density at radius 3 is 2.46 bits per heavy atom. The zero-order valence-electron chi connectivity index (χ0n) is 14.7. The zero-order chi connectivity index (χ0) is 17.5. The standard InChI is InChI=1S/C18H27N3O3/c1-14(2)16-5-4-6-17(13-16)24-12-7-19-18(23)21-10-8-20(9-11-21)15(3)22/h4-6,13-14H,7-12H2,1-3H3,(H,19,23). The van der Waals surface area contributed by atoms with Gasteiger partial charge in [0.2, 0.25) is 5.91 Å². The molecule has 1 aromatic carbocycles. The van der Waals surface area contributed by atoms with Crippen LogP contribution in [0.3, 0.4) is 0 Å². The summed E-state index contributed by atoms with van der Waals surface area (Å²) < 4.78 is 5.70. The van der Waals surface area contributed by atoms with E-state index in [4.69, 9.17) is 4.74 Å². The Kier molecular flexibility index (Phi) is 6.46. The van der Waals surface area contributed by atoms with Gasteiger partial charge in [0, 0.05) is 33.1 Å². The lowest BCUT2D eigenvalue weighted by molar-refractivity contribution is -0.130. The number of amides is 3. The molecule has 1 fully saturated rings. The van der Waals surface area contributed by atoms with Crippen molar-refractivity contribution in [1.82, 2.24) is 15.1 Å². The van der Waals surface area contributed by atoms with Crippen molar-refractivity contribution in [2.24, 2.45) is 0 Å². The predicted octanol–water partition coefficient (Wildman–Crippen LogP) is 2.06. The number of benzene rings is 1. The van der Waals surface area contributed by atoms with Gasteiger partial charge in [-0.3, -0.25) is 4.79 Å². The van der Waals surface area contributed by atoms with E-state index in [0.717, 1.165) is 5.75 Å². The third-order valence-electron chi connectivity index (χ3n) is 4.18. The van der Waals surface area contributed by atoms with Crippen LogP contribution in [0, 0.1) is 0 Å². The van der Waals surface area contributed by atoms with Crippen molar-refractivity contribution < 1.29 is 14.3 Å². The van der Waals surface area contributed by atoms with Gasteiger partial charge in [-0.25, -0.2) is 4.79 Å². The number of nitrogens with one attached hydrogen (secondary N) is 1. The zero-order valence-corrected chi connectivity index (χ0v) is 14.7. The molecule has 1 heterocycles. The second kappa shape index (κ2) is 8.57. The molecule has 1 N–H and O–H groups in total. The van der Waals surface area contributed by atoms with Crippen molar-refractivity contribution in [3.05, 3.63) is 29.8 Å². The highest BCUT2D eigenvalue weighted by atomic mass is 16.5. The first-order chi connectivity index (χ1) is 11.5. The van der Waals surface area contributed by atoms with E-state index in [1.165, 1.54) is 5.56 Å². The van der Waals surface area contributed by atoms with Crippen molar-refractivity contribution in [3.63, 3.8) is 0 Å². The smallest absolute Gasteiger partial charge is 0.317 e. The first-order valence-corrected chi connectivity index (χ1v) is 8.48. The van der Waals surface area contributed by atoms with Crippen molar-refractivity contribution in [2.75, 3.05) is 39.3 Å². The van der Waals surface area contributed by atoms with Crippen molar-refractivity contribution >= 4 is 11.9 Å². The van der Waals surface area contributed by atoms with Crippen LogP contribution in [0.2, 0.25) is 0 Å². The quantitative estimate of drug-likeness (QED) is 0.839. The second-order valence-electron chi connectivity index (χ2n) is 6.30. The van der Waals surface area contributed by atoms with Crippen molar-refractivity contribution in [2.45, 2.75) is 26.7 Å². The van der Waals surface area contributed by atoms with Gasteiger partial charge in [0.25, 0.3) is 0 Å². The number of rotatable bonds is 5. The molecule has 0 saturated carbocycles. The maximum Gasteiger partial charge on any atom is 0.317 e. The molecule has 1 aliphatic heterocycles. The van der Waals surface area contributed by atoms with E-state index in [0.29, 0.717) is 45.2 Å². The molecule has 3 amide bonds. The first-order valence-electron chi connectivity index (χ1n) is 8.48. The SMILES string of the molecule is CC(=O)N1CCN(C(=O)NCCOc2cccc(C(C)C)c2)CC1. The number of ether oxygens (including phenoxy) is 1. The minimum atomic E-state index is -0.0993. The predicted molar refractivity (Wildman–Crippen MR) is 93.3 cm³/mol. The summed E-state index contributed by atoms with van der Waals surface area (Å²) in [5.41, 5.74) is 1.24. The number of hydrogen-bond donors (Lipinski definition) is 1. The highest BCUT2D eigenvalue weighted by Gasteiger charge is 2.21. The fourth-order valence-corrected chi connectivity index (χ4v) is 2.63. The molecule has 0 unspecified atom stereocenters. The molecule has 6 heteroatoms. The van der Waals surface area contributed by atoms with E-state index >= 15 is 0 Å². The number of piperazine rings is 1. The molecule has 6 nitrogen and oxygen atoms in total. The summed E-state index contributed by atoms with van der Waals surface area (Å²) in [7, 11) is 0. The van der Waals surface area contributed by atoms with Crippen LogP contribution >= 0.6 is 0 Å². The van der Waals surface area contributed by atoms with Gasteiger partial charge in [-0.2, -0.15) is 0 Å². The molecule has 1 saturated heterocycles. The summed E-state index contributed by atoms with van der Waals surface area (Å²) >= 11 is 0. The van der Waals surface area contributed by atoms with E-state index in [-0.39, 0.29) is 11.9 Å². The largest absolute Gasteiger partial charge is 0.492 e. The lowest BCUT2D eigenvalue weighted by Crippen LogP contribution is -2.53. The van der Waals surface area contributed by atoms with Gasteiger partial charge in [0.05, 0.1) is 6.54 Å². The van der Waals surface area contributed by atoms with Crippen LogP contribution in [-0.4, -0.2) is 61.1 Å². The van der Waals surface area contributed by atoms with Gasteiger partial charge in [-0.1, -0.05) is 26.0 Å². The van der Waals surface area contributed by atoms with E-state index in [2.05, 4.69) is 25.2 Å². The van der Waals surface area contributed by atoms with E-state index < -0.39 is 0 Å². The lowest BCUT2D eigenvalue weighted by atomic mass is 10.0. The molecule has 0 radical (unpaired) electrons. The Balaban J connectivity index is 1.68. The summed E-state index contributed by atoms with van der Waals surface area (Å²) in [6, 6.07) is 7.93. The third kappa shape index (κ3) is 5.15. The lowest BCUT2D eigenvalue weighted by Gasteiger charge is -2.34. The first kappa shape index (κ1) is 18.1. The molecule has 1 aliphatic rings. The van der Waals surface area contributed by atoms with Crippen LogP contribution in [0.15, 0.2) is 24.3 Å². The van der Waals surface area contributed by atoms with Crippen LogP contribution < -0.4 is 10.1 Å². The Bertz CT molecular complexity index is 566. The van der Waals surface area contributed by atoms with Crippen molar-refractivity contribution in [3.8, 4) is 5.75 Å². The molecule has 0 atom stereocenters. The Labute approximate surface area is 143 Å². The molecular weight excluding hydrogens is 306 g/mol. The molecule has 0 aliphatic carbocycles. The number of hydrogen-bond acceptors (Lipinski definition) is 3. The van der Waals surface area contributed by atoms with Gasteiger partial charge >= 0.3 is 6.03 Å². The minimum Gasteiger partial charge on any atom is -0.492 e.